The molecule has 3 heteroatoms. The Bertz CT molecular complexity index is 485. The number of carboxylic acid groups (broad SMARTS) is 1. The van der Waals surface area contributed by atoms with Gasteiger partial charge in [0.05, 0.1) is 5.92 Å². The molecule has 3 rings (SSSR count). The van der Waals surface area contributed by atoms with E-state index in [0.29, 0.717) is 12.3 Å². The normalized spacial score (nSPS) is 34.5. The van der Waals surface area contributed by atoms with Gasteiger partial charge >= 0.3 is 5.97 Å². The van der Waals surface area contributed by atoms with Gasteiger partial charge in [-0.1, -0.05) is 37.1 Å². The Hall–Kier alpha value is -1.35. The molecular formula is C15H19NO2. The van der Waals surface area contributed by atoms with Crippen molar-refractivity contribution in [3.05, 3.63) is 35.4 Å². The van der Waals surface area contributed by atoms with Crippen LogP contribution in [0.1, 0.15) is 49.1 Å². The van der Waals surface area contributed by atoms with Gasteiger partial charge in [-0.2, -0.15) is 0 Å². The van der Waals surface area contributed by atoms with E-state index in [1.54, 1.807) is 0 Å². The van der Waals surface area contributed by atoms with E-state index in [4.69, 9.17) is 5.73 Å². The number of rotatable bonds is 1. The maximum Gasteiger partial charge on any atom is 0.310 e. The van der Waals surface area contributed by atoms with E-state index in [1.807, 2.05) is 24.3 Å². The van der Waals surface area contributed by atoms with Crippen molar-refractivity contribution >= 4 is 5.97 Å². The van der Waals surface area contributed by atoms with Crippen molar-refractivity contribution in [3.8, 4) is 0 Å². The number of aliphatic carboxylic acids is 1. The first-order valence-corrected chi connectivity index (χ1v) is 6.74. The quantitative estimate of drug-likeness (QED) is 0.799. The maximum absolute atomic E-state index is 11.5. The fourth-order valence-corrected chi connectivity index (χ4v) is 3.82. The van der Waals surface area contributed by atoms with Gasteiger partial charge in [0, 0.05) is 5.54 Å². The lowest BCUT2D eigenvalue weighted by Crippen LogP contribution is -2.50. The molecule has 2 aliphatic carbocycles. The highest BCUT2D eigenvalue weighted by molar-refractivity contribution is 5.77. The second kappa shape index (κ2) is 4.09. The number of fused-ring (bicyclic) bond motifs is 3. The van der Waals surface area contributed by atoms with Crippen molar-refractivity contribution in [2.75, 3.05) is 0 Å². The molecule has 3 nitrogen and oxygen atoms in total. The summed E-state index contributed by atoms with van der Waals surface area (Å²) in [6.07, 6.45) is 5.08. The van der Waals surface area contributed by atoms with E-state index in [9.17, 15) is 9.90 Å². The smallest absolute Gasteiger partial charge is 0.310 e. The molecule has 1 aromatic carbocycles. The van der Waals surface area contributed by atoms with Crippen LogP contribution in [0.4, 0.5) is 0 Å². The molecule has 0 aliphatic heterocycles. The van der Waals surface area contributed by atoms with Crippen molar-refractivity contribution in [3.63, 3.8) is 0 Å². The lowest BCUT2D eigenvalue weighted by Gasteiger charge is -2.47. The second-order valence-electron chi connectivity index (χ2n) is 5.70. The molecule has 96 valence electrons. The van der Waals surface area contributed by atoms with Gasteiger partial charge in [0.25, 0.3) is 0 Å². The highest BCUT2D eigenvalue weighted by atomic mass is 16.4. The first-order chi connectivity index (χ1) is 8.63. The topological polar surface area (TPSA) is 63.3 Å². The van der Waals surface area contributed by atoms with Crippen molar-refractivity contribution in [2.45, 2.75) is 43.6 Å². The molecule has 1 saturated carbocycles. The van der Waals surface area contributed by atoms with Gasteiger partial charge in [-0.05, 0) is 36.3 Å². The van der Waals surface area contributed by atoms with Crippen molar-refractivity contribution in [2.24, 2.45) is 11.7 Å². The molecule has 3 N–H and O–H groups in total. The molecular weight excluding hydrogens is 226 g/mol. The first kappa shape index (κ1) is 11.7. The van der Waals surface area contributed by atoms with E-state index in [1.165, 1.54) is 6.42 Å². The SMILES string of the molecule is N[C@@]12CCCC[C@@H]1C[C@@H](C(=O)O)c1ccccc12. The maximum atomic E-state index is 11.5. The Morgan fingerprint density at radius 3 is 2.89 bits per heavy atom. The monoisotopic (exact) mass is 245 g/mol. The summed E-state index contributed by atoms with van der Waals surface area (Å²) in [5.41, 5.74) is 8.37. The summed E-state index contributed by atoms with van der Waals surface area (Å²) in [6, 6.07) is 7.86. The Kier molecular flexibility index (Phi) is 2.67. The summed E-state index contributed by atoms with van der Waals surface area (Å²) in [5, 5.41) is 9.42. The van der Waals surface area contributed by atoms with E-state index in [-0.39, 0.29) is 11.5 Å². The summed E-state index contributed by atoms with van der Waals surface area (Å²) in [4.78, 5) is 11.5. The molecule has 0 saturated heterocycles. The summed E-state index contributed by atoms with van der Waals surface area (Å²) in [6.45, 7) is 0. The van der Waals surface area contributed by atoms with Crippen LogP contribution in [0.3, 0.4) is 0 Å². The summed E-state index contributed by atoms with van der Waals surface area (Å²) in [5.74, 6) is -0.765. The van der Waals surface area contributed by atoms with E-state index in [2.05, 4.69) is 0 Å². The van der Waals surface area contributed by atoms with Crippen molar-refractivity contribution in [1.29, 1.82) is 0 Å². The zero-order valence-electron chi connectivity index (χ0n) is 10.4. The lowest BCUT2D eigenvalue weighted by atomic mass is 9.60. The van der Waals surface area contributed by atoms with Crippen LogP contribution in [0.25, 0.3) is 0 Å². The number of hydrogen-bond donors (Lipinski definition) is 2. The molecule has 18 heavy (non-hydrogen) atoms. The number of hydrogen-bond acceptors (Lipinski definition) is 2. The van der Waals surface area contributed by atoms with Gasteiger partial charge in [-0.3, -0.25) is 4.79 Å². The van der Waals surface area contributed by atoms with Crippen molar-refractivity contribution in [1.82, 2.24) is 0 Å². The van der Waals surface area contributed by atoms with Crippen LogP contribution in [0, 0.1) is 5.92 Å². The third-order valence-corrected chi connectivity index (χ3v) is 4.78. The van der Waals surface area contributed by atoms with Gasteiger partial charge in [0.15, 0.2) is 0 Å². The molecule has 0 radical (unpaired) electrons. The van der Waals surface area contributed by atoms with Gasteiger partial charge in [-0.15, -0.1) is 0 Å². The molecule has 0 amide bonds. The molecule has 0 heterocycles. The minimum atomic E-state index is -0.713. The zero-order chi connectivity index (χ0) is 12.8. The Balaban J connectivity index is 2.13. The van der Waals surface area contributed by atoms with Gasteiger partial charge < -0.3 is 10.8 Å². The highest BCUT2D eigenvalue weighted by Crippen LogP contribution is 2.50. The van der Waals surface area contributed by atoms with Crippen molar-refractivity contribution < 1.29 is 9.90 Å². The minimum absolute atomic E-state index is 0.291. The van der Waals surface area contributed by atoms with Crippen LogP contribution < -0.4 is 5.73 Å². The molecule has 0 unspecified atom stereocenters. The zero-order valence-corrected chi connectivity index (χ0v) is 10.4. The minimum Gasteiger partial charge on any atom is -0.481 e. The third-order valence-electron chi connectivity index (χ3n) is 4.78. The molecule has 3 atom stereocenters. The van der Waals surface area contributed by atoms with Crippen LogP contribution in [0.5, 0.6) is 0 Å². The summed E-state index contributed by atoms with van der Waals surface area (Å²) < 4.78 is 0. The van der Waals surface area contributed by atoms with Gasteiger partial charge in [0.1, 0.15) is 0 Å². The van der Waals surface area contributed by atoms with Crippen LogP contribution in [0.15, 0.2) is 24.3 Å². The Labute approximate surface area is 107 Å². The van der Waals surface area contributed by atoms with E-state index >= 15 is 0 Å². The predicted octanol–water partition coefficient (Wildman–Crippen LogP) is 2.60. The second-order valence-corrected chi connectivity index (χ2v) is 5.70. The van der Waals surface area contributed by atoms with E-state index < -0.39 is 5.97 Å². The average molecular weight is 245 g/mol. The molecule has 0 aromatic heterocycles. The standard InChI is InChI=1S/C15H19NO2/c16-15-8-4-3-5-10(15)9-12(14(17)18)11-6-1-2-7-13(11)15/h1-2,6-7,10,12H,3-5,8-9,16H2,(H,17,18)/t10-,12-,15+/m1/s1. The van der Waals surface area contributed by atoms with Crippen LogP contribution in [0.2, 0.25) is 0 Å². The largest absolute Gasteiger partial charge is 0.481 e. The van der Waals surface area contributed by atoms with Crippen LogP contribution in [-0.4, -0.2) is 11.1 Å². The molecule has 1 fully saturated rings. The predicted molar refractivity (Wildman–Crippen MR) is 69.3 cm³/mol. The van der Waals surface area contributed by atoms with Gasteiger partial charge in [0.2, 0.25) is 0 Å². The number of carboxylic acids is 1. The van der Waals surface area contributed by atoms with Crippen LogP contribution in [-0.2, 0) is 10.3 Å². The number of nitrogens with two attached hydrogens (primary N) is 1. The average Bonchev–Trinajstić information content (AvgIpc) is 2.37. The van der Waals surface area contributed by atoms with Crippen LogP contribution >= 0.6 is 0 Å². The Morgan fingerprint density at radius 1 is 1.33 bits per heavy atom. The van der Waals surface area contributed by atoms with E-state index in [0.717, 1.165) is 30.4 Å². The molecule has 1 aromatic rings. The fraction of sp³-hybridized carbons (Fsp3) is 0.533. The highest BCUT2D eigenvalue weighted by Gasteiger charge is 2.46. The number of benzene rings is 1. The molecule has 0 bridgehead atoms. The first-order valence-electron chi connectivity index (χ1n) is 6.74. The molecule has 2 aliphatic rings. The fourth-order valence-electron chi connectivity index (χ4n) is 3.82. The third kappa shape index (κ3) is 1.57. The Morgan fingerprint density at radius 2 is 2.11 bits per heavy atom. The summed E-state index contributed by atoms with van der Waals surface area (Å²) >= 11 is 0. The molecule has 0 spiro atoms. The number of carbonyl (C=O) groups is 1. The lowest BCUT2D eigenvalue weighted by molar-refractivity contribution is -0.139. The summed E-state index contributed by atoms with van der Waals surface area (Å²) in [7, 11) is 0. The van der Waals surface area contributed by atoms with Gasteiger partial charge in [-0.25, -0.2) is 0 Å².